The molecule has 2 fully saturated rings. The van der Waals surface area contributed by atoms with Crippen molar-refractivity contribution in [2.45, 2.75) is 37.8 Å². The lowest BCUT2D eigenvalue weighted by Crippen LogP contribution is -2.52. The van der Waals surface area contributed by atoms with Crippen molar-refractivity contribution in [2.75, 3.05) is 0 Å². The van der Waals surface area contributed by atoms with Crippen LogP contribution in [-0.2, 0) is 4.79 Å². The molecular weight excluding hydrogens is 158 g/mol. The van der Waals surface area contributed by atoms with E-state index >= 15 is 0 Å². The summed E-state index contributed by atoms with van der Waals surface area (Å²) in [6, 6.07) is -0.164. The van der Waals surface area contributed by atoms with E-state index in [1.807, 2.05) is 0 Å². The molecule has 2 saturated heterocycles. The zero-order chi connectivity index (χ0) is 8.72. The van der Waals surface area contributed by atoms with Crippen LogP contribution in [0.25, 0.3) is 0 Å². The Morgan fingerprint density at radius 2 is 1.83 bits per heavy atom. The average molecular weight is 168 g/mol. The molecule has 2 aliphatic heterocycles. The minimum Gasteiger partial charge on any atom is -0.530 e. The molecule has 4 heteroatoms. The number of carbonyl (C=O) groups is 2. The topological polar surface area (TPSA) is 60.4 Å². The monoisotopic (exact) mass is 168 g/mol. The number of amides is 1. The molecule has 0 N–H and O–H groups in total. The summed E-state index contributed by atoms with van der Waals surface area (Å²) in [6.45, 7) is 0. The molecule has 1 amide bonds. The number of piperidine rings is 1. The zero-order valence-electron chi connectivity index (χ0n) is 6.66. The number of Topliss-reactive ketones (excluding diaryl/α,β-unsaturated/α-hetero) is 1. The molecule has 2 unspecified atom stereocenters. The maximum Gasteiger partial charge on any atom is 0.137 e. The number of hydrogen-bond acceptors (Lipinski definition) is 3. The predicted molar refractivity (Wildman–Crippen MR) is 38.3 cm³/mol. The Morgan fingerprint density at radius 3 is 2.25 bits per heavy atom. The Balaban J connectivity index is 2.19. The molecule has 2 rings (SSSR count). The van der Waals surface area contributed by atoms with Crippen molar-refractivity contribution in [1.82, 2.24) is 4.90 Å². The van der Waals surface area contributed by atoms with E-state index in [2.05, 4.69) is 0 Å². The van der Waals surface area contributed by atoms with Crippen LogP contribution in [0.4, 0.5) is 4.79 Å². The molecule has 4 nitrogen and oxygen atoms in total. The molecule has 0 aromatic carbocycles. The van der Waals surface area contributed by atoms with Crippen LogP contribution in [0, 0.1) is 0 Å². The second-order valence-corrected chi connectivity index (χ2v) is 3.51. The van der Waals surface area contributed by atoms with Gasteiger partial charge in [-0.1, -0.05) is 0 Å². The highest BCUT2D eigenvalue weighted by atomic mass is 16.4. The van der Waals surface area contributed by atoms with E-state index in [9.17, 15) is 14.7 Å². The first-order valence-electron chi connectivity index (χ1n) is 4.19. The molecule has 0 aliphatic carbocycles. The molecule has 2 atom stereocenters. The van der Waals surface area contributed by atoms with Gasteiger partial charge in [0.1, 0.15) is 11.9 Å². The Hall–Kier alpha value is -1.06. The van der Waals surface area contributed by atoms with Gasteiger partial charge in [-0.3, -0.25) is 4.79 Å². The Bertz CT molecular complexity index is 222. The van der Waals surface area contributed by atoms with Gasteiger partial charge in [-0.2, -0.15) is 0 Å². The lowest BCUT2D eigenvalue weighted by molar-refractivity contribution is -0.269. The fraction of sp³-hybridized carbons (Fsp3) is 0.750. The van der Waals surface area contributed by atoms with Gasteiger partial charge in [0.05, 0.1) is 0 Å². The lowest BCUT2D eigenvalue weighted by Gasteiger charge is -2.35. The quantitative estimate of drug-likeness (QED) is 0.491. The van der Waals surface area contributed by atoms with Gasteiger partial charge in [0.2, 0.25) is 0 Å². The van der Waals surface area contributed by atoms with Gasteiger partial charge in [0.15, 0.2) is 0 Å². The largest absolute Gasteiger partial charge is 0.530 e. The number of carbonyl (C=O) groups excluding carboxylic acids is 2. The van der Waals surface area contributed by atoms with E-state index in [0.29, 0.717) is 12.8 Å². The summed E-state index contributed by atoms with van der Waals surface area (Å²) in [4.78, 5) is 23.0. The molecule has 2 heterocycles. The van der Waals surface area contributed by atoms with Crippen LogP contribution in [0.1, 0.15) is 25.7 Å². The minimum atomic E-state index is -1.12. The molecule has 0 aromatic heterocycles. The number of ketones is 1. The smallest absolute Gasteiger partial charge is 0.137 e. The number of carboxylic acid groups (broad SMARTS) is 1. The van der Waals surface area contributed by atoms with Gasteiger partial charge in [-0.15, -0.1) is 0 Å². The van der Waals surface area contributed by atoms with Crippen LogP contribution >= 0.6 is 0 Å². The van der Waals surface area contributed by atoms with Crippen molar-refractivity contribution in [3.05, 3.63) is 0 Å². The van der Waals surface area contributed by atoms with Crippen molar-refractivity contribution < 1.29 is 14.7 Å². The normalized spacial score (nSPS) is 34.0. The van der Waals surface area contributed by atoms with Crippen LogP contribution in [0.15, 0.2) is 0 Å². The number of rotatable bonds is 0. The second-order valence-electron chi connectivity index (χ2n) is 3.51. The minimum absolute atomic E-state index is 0.0822. The zero-order valence-corrected chi connectivity index (χ0v) is 6.66. The van der Waals surface area contributed by atoms with Gasteiger partial charge >= 0.3 is 0 Å². The summed E-state index contributed by atoms with van der Waals surface area (Å²) in [7, 11) is 0. The van der Waals surface area contributed by atoms with Crippen LogP contribution < -0.4 is 5.11 Å². The highest BCUT2D eigenvalue weighted by Gasteiger charge is 2.39. The average Bonchev–Trinajstić information content (AvgIpc) is 2.24. The summed E-state index contributed by atoms with van der Waals surface area (Å²) >= 11 is 0. The van der Waals surface area contributed by atoms with Crippen molar-refractivity contribution in [3.63, 3.8) is 0 Å². The molecule has 12 heavy (non-hydrogen) atoms. The van der Waals surface area contributed by atoms with Gasteiger partial charge in [0.25, 0.3) is 0 Å². The van der Waals surface area contributed by atoms with Crippen LogP contribution in [0.2, 0.25) is 0 Å². The Labute approximate surface area is 70.2 Å². The second kappa shape index (κ2) is 2.47. The van der Waals surface area contributed by atoms with E-state index in [0.717, 1.165) is 12.8 Å². The van der Waals surface area contributed by atoms with E-state index < -0.39 is 6.09 Å². The fourth-order valence-corrected chi connectivity index (χ4v) is 2.27. The molecule has 0 saturated carbocycles. The van der Waals surface area contributed by atoms with Crippen molar-refractivity contribution >= 4 is 11.9 Å². The highest BCUT2D eigenvalue weighted by molar-refractivity contribution is 5.83. The third kappa shape index (κ3) is 0.983. The SMILES string of the molecule is O=C1CC2CCC(C1)N2C(=O)[O-]. The molecule has 0 spiro atoms. The first-order valence-corrected chi connectivity index (χ1v) is 4.19. The van der Waals surface area contributed by atoms with Gasteiger partial charge < -0.3 is 14.8 Å². The summed E-state index contributed by atoms with van der Waals surface area (Å²) in [5, 5.41) is 10.6. The molecule has 2 bridgehead atoms. The maximum absolute atomic E-state index is 11.1. The van der Waals surface area contributed by atoms with Gasteiger partial charge in [-0.25, -0.2) is 0 Å². The predicted octanol–water partition coefficient (Wildman–Crippen LogP) is -0.474. The van der Waals surface area contributed by atoms with Gasteiger partial charge in [-0.05, 0) is 12.8 Å². The van der Waals surface area contributed by atoms with E-state index in [1.165, 1.54) is 4.90 Å². The fourth-order valence-electron chi connectivity index (χ4n) is 2.27. The van der Waals surface area contributed by atoms with Crippen LogP contribution in [0.3, 0.4) is 0 Å². The Kier molecular flexibility index (Phi) is 1.56. The highest BCUT2D eigenvalue weighted by Crippen LogP contribution is 2.33. The number of fused-ring (bicyclic) bond motifs is 2. The summed E-state index contributed by atoms with van der Waals surface area (Å²) in [6.07, 6.45) is 1.32. The van der Waals surface area contributed by atoms with Crippen molar-refractivity contribution in [1.29, 1.82) is 0 Å². The first kappa shape index (κ1) is 7.58. The van der Waals surface area contributed by atoms with Crippen molar-refractivity contribution in [3.8, 4) is 0 Å². The first-order chi connectivity index (χ1) is 5.68. The molecular formula is C8H10NO3-. The van der Waals surface area contributed by atoms with E-state index in [4.69, 9.17) is 0 Å². The van der Waals surface area contributed by atoms with Crippen molar-refractivity contribution in [2.24, 2.45) is 0 Å². The lowest BCUT2D eigenvalue weighted by atomic mass is 10.0. The van der Waals surface area contributed by atoms with Gasteiger partial charge in [0, 0.05) is 24.9 Å². The maximum atomic E-state index is 11.1. The van der Waals surface area contributed by atoms with Crippen LogP contribution in [-0.4, -0.2) is 28.9 Å². The summed E-state index contributed by atoms with van der Waals surface area (Å²) in [5.41, 5.74) is 0. The number of hydrogen-bond donors (Lipinski definition) is 0. The molecule has 0 radical (unpaired) electrons. The van der Waals surface area contributed by atoms with Crippen LogP contribution in [0.5, 0.6) is 0 Å². The van der Waals surface area contributed by atoms with E-state index in [1.54, 1.807) is 0 Å². The third-order valence-electron chi connectivity index (χ3n) is 2.76. The molecule has 66 valence electrons. The molecule has 2 aliphatic rings. The Morgan fingerprint density at radius 1 is 1.33 bits per heavy atom. The number of nitrogens with zero attached hydrogens (tertiary/aromatic N) is 1. The summed E-state index contributed by atoms with van der Waals surface area (Å²) in [5.74, 6) is 0.194. The third-order valence-corrected chi connectivity index (χ3v) is 2.76. The van der Waals surface area contributed by atoms with E-state index in [-0.39, 0.29) is 17.9 Å². The summed E-state index contributed by atoms with van der Waals surface area (Å²) < 4.78 is 0. The molecule has 0 aromatic rings. The standard InChI is InChI=1S/C8H11NO3/c10-7-3-5-1-2-6(4-7)9(5)8(11)12/h5-6H,1-4H2,(H,11,12)/p-1.